The summed E-state index contributed by atoms with van der Waals surface area (Å²) in [5, 5.41) is 5.33. The monoisotopic (exact) mass is 484 g/mol. The van der Waals surface area contributed by atoms with E-state index in [0.29, 0.717) is 5.69 Å². The van der Waals surface area contributed by atoms with E-state index >= 15 is 0 Å². The van der Waals surface area contributed by atoms with Crippen molar-refractivity contribution < 1.29 is 14.4 Å². The zero-order chi connectivity index (χ0) is 26.2. The summed E-state index contributed by atoms with van der Waals surface area (Å²) in [6, 6.07) is 17.1. The van der Waals surface area contributed by atoms with Crippen molar-refractivity contribution in [3.8, 4) is 5.69 Å². The molecule has 1 aliphatic heterocycles. The fourth-order valence-corrected chi connectivity index (χ4v) is 4.29. The first kappa shape index (κ1) is 25.0. The smallest absolute Gasteiger partial charge is 0.325 e. The van der Waals surface area contributed by atoms with Gasteiger partial charge >= 0.3 is 6.03 Å². The summed E-state index contributed by atoms with van der Waals surface area (Å²) in [7, 11) is 0. The second kappa shape index (κ2) is 9.49. The number of benzene rings is 2. The van der Waals surface area contributed by atoms with E-state index in [2.05, 4.69) is 60.2 Å². The van der Waals surface area contributed by atoms with Crippen LogP contribution in [0.3, 0.4) is 0 Å². The van der Waals surface area contributed by atoms with E-state index in [1.165, 1.54) is 5.56 Å². The van der Waals surface area contributed by atoms with Crippen molar-refractivity contribution >= 4 is 29.6 Å². The predicted octanol–water partition coefficient (Wildman–Crippen LogP) is 5.23. The zero-order valence-electron chi connectivity index (χ0n) is 21.6. The number of aromatic nitrogens is 1. The first-order valence-electron chi connectivity index (χ1n) is 11.9. The normalized spacial score (nSPS) is 14.9. The van der Waals surface area contributed by atoms with Gasteiger partial charge < -0.3 is 15.2 Å². The molecule has 0 unspecified atom stereocenters. The summed E-state index contributed by atoms with van der Waals surface area (Å²) >= 11 is 0. The Bertz CT molecular complexity index is 1360. The van der Waals surface area contributed by atoms with E-state index in [4.69, 9.17) is 0 Å². The number of amides is 4. The Hall–Kier alpha value is -4.13. The number of nitrogens with one attached hydrogen (secondary N) is 2. The fourth-order valence-electron chi connectivity index (χ4n) is 4.29. The van der Waals surface area contributed by atoms with E-state index in [-0.39, 0.29) is 17.7 Å². The molecular weight excluding hydrogens is 452 g/mol. The Labute approximate surface area is 211 Å². The van der Waals surface area contributed by atoms with Crippen LogP contribution < -0.4 is 10.6 Å². The Morgan fingerprint density at radius 3 is 2.22 bits per heavy atom. The molecule has 4 amide bonds. The maximum absolute atomic E-state index is 12.9. The molecule has 0 bridgehead atoms. The predicted molar refractivity (Wildman–Crippen MR) is 142 cm³/mol. The molecule has 0 aliphatic carbocycles. The van der Waals surface area contributed by atoms with Gasteiger partial charge in [-0.05, 0) is 73.7 Å². The molecule has 36 heavy (non-hydrogen) atoms. The van der Waals surface area contributed by atoms with E-state index in [9.17, 15) is 14.4 Å². The molecule has 0 spiro atoms. The molecular formula is C29H32N4O3. The van der Waals surface area contributed by atoms with Gasteiger partial charge in [-0.15, -0.1) is 0 Å². The second-order valence-corrected chi connectivity index (χ2v) is 10.3. The van der Waals surface area contributed by atoms with Crippen molar-refractivity contribution in [3.63, 3.8) is 0 Å². The standard InChI is InChI=1S/C29H32N4O3/c1-18-7-11-23(12-8-18)30-26(34)17-32-27(35)25(31-28(32)36)16-21-15-19(2)33(20(21)3)24-13-9-22(10-14-24)29(4,5)6/h7-16H,17H2,1-6H3,(H,30,34)(H,31,36)/b25-16-. The lowest BCUT2D eigenvalue weighted by Crippen LogP contribution is -2.38. The van der Waals surface area contributed by atoms with Gasteiger partial charge in [-0.3, -0.25) is 9.59 Å². The molecule has 0 radical (unpaired) electrons. The van der Waals surface area contributed by atoms with Gasteiger partial charge in [0.25, 0.3) is 5.91 Å². The summed E-state index contributed by atoms with van der Waals surface area (Å²) in [5.74, 6) is -0.973. The van der Waals surface area contributed by atoms with E-state index in [0.717, 1.165) is 33.1 Å². The average Bonchev–Trinajstić information content (AvgIpc) is 3.24. The molecule has 2 aromatic carbocycles. The van der Waals surface area contributed by atoms with Gasteiger partial charge in [-0.1, -0.05) is 50.6 Å². The summed E-state index contributed by atoms with van der Waals surface area (Å²) < 4.78 is 2.12. The fraction of sp³-hybridized carbons (Fsp3) is 0.276. The van der Waals surface area contributed by atoms with Crippen LogP contribution >= 0.6 is 0 Å². The lowest BCUT2D eigenvalue weighted by atomic mass is 9.87. The molecule has 2 N–H and O–H groups in total. The van der Waals surface area contributed by atoms with Crippen molar-refractivity contribution in [2.45, 2.75) is 47.0 Å². The lowest BCUT2D eigenvalue weighted by molar-refractivity contribution is -0.127. The van der Waals surface area contributed by atoms with Crippen molar-refractivity contribution in [1.82, 2.24) is 14.8 Å². The van der Waals surface area contributed by atoms with Crippen LogP contribution in [0.1, 0.15) is 48.8 Å². The number of nitrogens with zero attached hydrogens (tertiary/aromatic N) is 2. The maximum Gasteiger partial charge on any atom is 0.329 e. The largest absolute Gasteiger partial charge is 0.329 e. The molecule has 7 nitrogen and oxygen atoms in total. The number of carbonyl (C=O) groups is 3. The topological polar surface area (TPSA) is 83.4 Å². The molecule has 2 heterocycles. The quantitative estimate of drug-likeness (QED) is 0.384. The minimum atomic E-state index is -0.614. The van der Waals surface area contributed by atoms with Crippen molar-refractivity contribution in [1.29, 1.82) is 0 Å². The highest BCUT2D eigenvalue weighted by atomic mass is 16.2. The number of hydrogen-bond acceptors (Lipinski definition) is 3. The third-order valence-electron chi connectivity index (χ3n) is 6.36. The Balaban J connectivity index is 1.52. The number of rotatable bonds is 5. The number of aryl methyl sites for hydroxylation is 2. The van der Waals surface area contributed by atoms with Crippen LogP contribution in [-0.4, -0.2) is 33.9 Å². The summed E-state index contributed by atoms with van der Waals surface area (Å²) in [5.41, 5.74) is 6.94. The van der Waals surface area contributed by atoms with Gasteiger partial charge in [0.05, 0.1) is 0 Å². The first-order chi connectivity index (χ1) is 16.9. The number of hydrogen-bond donors (Lipinski definition) is 2. The highest BCUT2D eigenvalue weighted by Gasteiger charge is 2.35. The zero-order valence-corrected chi connectivity index (χ0v) is 21.6. The third kappa shape index (κ3) is 5.10. The molecule has 186 valence electrons. The molecule has 1 aliphatic rings. The van der Waals surface area contributed by atoms with Crippen LogP contribution in [0.2, 0.25) is 0 Å². The van der Waals surface area contributed by atoms with Crippen LogP contribution in [0.15, 0.2) is 60.3 Å². The Morgan fingerprint density at radius 2 is 1.61 bits per heavy atom. The van der Waals surface area contributed by atoms with Crippen LogP contribution in [0.5, 0.6) is 0 Å². The van der Waals surface area contributed by atoms with Crippen molar-refractivity contribution in [3.05, 3.63) is 88.4 Å². The van der Waals surface area contributed by atoms with Gasteiger partial charge in [-0.2, -0.15) is 0 Å². The summed E-state index contributed by atoms with van der Waals surface area (Å²) in [6.07, 6.45) is 1.67. The van der Waals surface area contributed by atoms with E-state index in [1.54, 1.807) is 18.2 Å². The third-order valence-corrected chi connectivity index (χ3v) is 6.36. The number of urea groups is 1. The molecule has 4 rings (SSSR count). The van der Waals surface area contributed by atoms with Crippen LogP contribution in [0, 0.1) is 20.8 Å². The summed E-state index contributed by atoms with van der Waals surface area (Å²) in [6.45, 7) is 12.1. The SMILES string of the molecule is Cc1ccc(NC(=O)CN2C(=O)N/C(=C\c3cc(C)n(-c4ccc(C(C)(C)C)cc4)c3C)C2=O)cc1. The molecule has 1 aromatic heterocycles. The molecule has 1 fully saturated rings. The molecule has 3 aromatic rings. The van der Waals surface area contributed by atoms with Gasteiger partial charge in [0, 0.05) is 22.8 Å². The number of anilines is 1. The van der Waals surface area contributed by atoms with Gasteiger partial charge in [0.2, 0.25) is 5.91 Å². The van der Waals surface area contributed by atoms with Crippen molar-refractivity contribution in [2.75, 3.05) is 11.9 Å². The van der Waals surface area contributed by atoms with Crippen LogP contribution in [0.25, 0.3) is 11.8 Å². The minimum absolute atomic E-state index is 0.0683. The highest BCUT2D eigenvalue weighted by molar-refractivity contribution is 6.16. The molecule has 1 saturated heterocycles. The Kier molecular flexibility index (Phi) is 6.59. The average molecular weight is 485 g/mol. The van der Waals surface area contributed by atoms with Gasteiger partial charge in [-0.25, -0.2) is 9.69 Å². The first-order valence-corrected chi connectivity index (χ1v) is 11.9. The van der Waals surface area contributed by atoms with Crippen molar-refractivity contribution in [2.24, 2.45) is 0 Å². The number of carbonyl (C=O) groups excluding carboxylic acids is 3. The lowest BCUT2D eigenvalue weighted by Gasteiger charge is -2.20. The highest BCUT2D eigenvalue weighted by Crippen LogP contribution is 2.27. The van der Waals surface area contributed by atoms with E-state index in [1.807, 2.05) is 39.0 Å². The van der Waals surface area contributed by atoms with Crippen LogP contribution in [-0.2, 0) is 15.0 Å². The minimum Gasteiger partial charge on any atom is -0.325 e. The maximum atomic E-state index is 12.9. The Morgan fingerprint density at radius 1 is 0.972 bits per heavy atom. The second-order valence-electron chi connectivity index (χ2n) is 10.3. The number of imide groups is 1. The van der Waals surface area contributed by atoms with Crippen LogP contribution in [0.4, 0.5) is 10.5 Å². The van der Waals surface area contributed by atoms with Gasteiger partial charge in [0.15, 0.2) is 0 Å². The summed E-state index contributed by atoms with van der Waals surface area (Å²) in [4.78, 5) is 38.8. The van der Waals surface area contributed by atoms with E-state index < -0.39 is 17.8 Å². The molecule has 0 atom stereocenters. The molecule has 7 heteroatoms. The molecule has 0 saturated carbocycles. The van der Waals surface area contributed by atoms with Gasteiger partial charge in [0.1, 0.15) is 12.2 Å².